The SMILES string of the molecule is CC(C)N(c1cccc(CCCc2cc(C=O)ccc2OCc2ccccc2)c1)C(C)C. The Labute approximate surface area is 193 Å². The summed E-state index contributed by atoms with van der Waals surface area (Å²) < 4.78 is 6.11. The van der Waals surface area contributed by atoms with E-state index >= 15 is 0 Å². The molecule has 3 rings (SSSR count). The van der Waals surface area contributed by atoms with Crippen LogP contribution in [-0.4, -0.2) is 18.4 Å². The second kappa shape index (κ2) is 11.5. The first kappa shape index (κ1) is 23.6. The van der Waals surface area contributed by atoms with Gasteiger partial charge in [-0.1, -0.05) is 42.5 Å². The maximum atomic E-state index is 11.3. The van der Waals surface area contributed by atoms with Gasteiger partial charge in [-0.25, -0.2) is 0 Å². The molecule has 0 heterocycles. The molecule has 0 fully saturated rings. The Bertz CT molecular complexity index is 987. The molecular formula is C29H35NO2. The summed E-state index contributed by atoms with van der Waals surface area (Å²) in [6, 6.07) is 25.7. The van der Waals surface area contributed by atoms with Crippen LogP contribution in [-0.2, 0) is 19.4 Å². The van der Waals surface area contributed by atoms with E-state index in [1.54, 1.807) is 0 Å². The predicted molar refractivity (Wildman–Crippen MR) is 134 cm³/mol. The molecular weight excluding hydrogens is 394 g/mol. The van der Waals surface area contributed by atoms with Gasteiger partial charge in [-0.15, -0.1) is 0 Å². The summed E-state index contributed by atoms with van der Waals surface area (Å²) in [7, 11) is 0. The van der Waals surface area contributed by atoms with E-state index in [4.69, 9.17) is 4.74 Å². The molecule has 0 saturated heterocycles. The van der Waals surface area contributed by atoms with Gasteiger partial charge in [0.15, 0.2) is 0 Å². The molecule has 0 unspecified atom stereocenters. The molecule has 0 radical (unpaired) electrons. The second-order valence-corrected chi connectivity index (χ2v) is 8.88. The standard InChI is InChI=1S/C29H35NO2/c1-22(2)30(23(3)4)28-15-9-13-24(19-28)12-8-14-27-18-26(20-31)16-17-29(27)32-21-25-10-6-5-7-11-25/h5-7,9-11,13,15-20,22-23H,8,12,14,21H2,1-4H3. The number of rotatable bonds is 11. The van der Waals surface area contributed by atoms with Gasteiger partial charge < -0.3 is 9.64 Å². The summed E-state index contributed by atoms with van der Waals surface area (Å²) in [6.07, 6.45) is 3.76. The van der Waals surface area contributed by atoms with Gasteiger partial charge >= 0.3 is 0 Å². The number of aryl methyl sites for hydroxylation is 2. The lowest BCUT2D eigenvalue weighted by molar-refractivity contribution is 0.112. The average Bonchev–Trinajstić information content (AvgIpc) is 2.78. The van der Waals surface area contributed by atoms with Gasteiger partial charge in [0.05, 0.1) is 0 Å². The monoisotopic (exact) mass is 429 g/mol. The Kier molecular flexibility index (Phi) is 8.49. The number of ether oxygens (including phenoxy) is 1. The molecule has 0 saturated carbocycles. The quantitative estimate of drug-likeness (QED) is 0.311. The molecule has 0 bridgehead atoms. The predicted octanol–water partition coefficient (Wildman–Crippen LogP) is 6.88. The number of carbonyl (C=O) groups is 1. The van der Waals surface area contributed by atoms with Gasteiger partial charge in [-0.3, -0.25) is 4.79 Å². The van der Waals surface area contributed by atoms with E-state index in [1.165, 1.54) is 11.3 Å². The number of aldehydes is 1. The van der Waals surface area contributed by atoms with Crippen molar-refractivity contribution in [1.82, 2.24) is 0 Å². The lowest BCUT2D eigenvalue weighted by Gasteiger charge is -2.33. The van der Waals surface area contributed by atoms with E-state index in [1.807, 2.05) is 36.4 Å². The van der Waals surface area contributed by atoms with Crippen LogP contribution in [0.3, 0.4) is 0 Å². The van der Waals surface area contributed by atoms with E-state index < -0.39 is 0 Å². The maximum absolute atomic E-state index is 11.3. The van der Waals surface area contributed by atoms with E-state index in [9.17, 15) is 4.79 Å². The highest BCUT2D eigenvalue weighted by Crippen LogP contribution is 2.25. The highest BCUT2D eigenvalue weighted by molar-refractivity contribution is 5.75. The van der Waals surface area contributed by atoms with Crippen LogP contribution in [0, 0.1) is 0 Å². The van der Waals surface area contributed by atoms with Gasteiger partial charge in [0.25, 0.3) is 0 Å². The van der Waals surface area contributed by atoms with Crippen molar-refractivity contribution in [3.05, 3.63) is 95.1 Å². The minimum atomic E-state index is 0.459. The van der Waals surface area contributed by atoms with Crippen molar-refractivity contribution in [3.63, 3.8) is 0 Å². The third-order valence-electron chi connectivity index (χ3n) is 5.69. The first-order valence-corrected chi connectivity index (χ1v) is 11.6. The summed E-state index contributed by atoms with van der Waals surface area (Å²) >= 11 is 0. The zero-order chi connectivity index (χ0) is 22.9. The molecule has 0 aromatic heterocycles. The zero-order valence-corrected chi connectivity index (χ0v) is 19.8. The lowest BCUT2D eigenvalue weighted by Crippen LogP contribution is -2.36. The molecule has 0 aliphatic heterocycles. The molecule has 0 atom stereocenters. The number of carbonyl (C=O) groups excluding carboxylic acids is 1. The summed E-state index contributed by atoms with van der Waals surface area (Å²) in [4.78, 5) is 13.8. The van der Waals surface area contributed by atoms with Crippen LogP contribution < -0.4 is 9.64 Å². The van der Waals surface area contributed by atoms with E-state index in [0.29, 0.717) is 24.3 Å². The van der Waals surface area contributed by atoms with Crippen molar-refractivity contribution >= 4 is 12.0 Å². The molecule has 3 heteroatoms. The first-order valence-electron chi connectivity index (χ1n) is 11.6. The maximum Gasteiger partial charge on any atom is 0.150 e. The Morgan fingerprint density at radius 3 is 2.22 bits per heavy atom. The van der Waals surface area contributed by atoms with Crippen molar-refractivity contribution in [3.8, 4) is 5.75 Å². The number of anilines is 1. The average molecular weight is 430 g/mol. The number of hydrogen-bond donors (Lipinski definition) is 0. The molecule has 168 valence electrons. The van der Waals surface area contributed by atoms with E-state index in [0.717, 1.165) is 42.4 Å². The Hall–Kier alpha value is -3.07. The molecule has 0 spiro atoms. The fraction of sp³-hybridized carbons (Fsp3) is 0.345. The highest BCUT2D eigenvalue weighted by Gasteiger charge is 2.14. The molecule has 3 aromatic carbocycles. The number of hydrogen-bond acceptors (Lipinski definition) is 3. The van der Waals surface area contributed by atoms with Crippen LogP contribution in [0.4, 0.5) is 5.69 Å². The Balaban J connectivity index is 1.67. The topological polar surface area (TPSA) is 29.5 Å². The van der Waals surface area contributed by atoms with Crippen molar-refractivity contribution in [2.24, 2.45) is 0 Å². The molecule has 32 heavy (non-hydrogen) atoms. The van der Waals surface area contributed by atoms with Crippen molar-refractivity contribution < 1.29 is 9.53 Å². The summed E-state index contributed by atoms with van der Waals surface area (Å²) in [6.45, 7) is 9.48. The molecule has 3 aromatic rings. The molecule has 0 aliphatic rings. The van der Waals surface area contributed by atoms with Crippen LogP contribution in [0.5, 0.6) is 5.75 Å². The summed E-state index contributed by atoms with van der Waals surface area (Å²) in [5.74, 6) is 0.860. The van der Waals surface area contributed by atoms with E-state index in [-0.39, 0.29) is 0 Å². The van der Waals surface area contributed by atoms with Crippen LogP contribution in [0.25, 0.3) is 0 Å². The fourth-order valence-corrected chi connectivity index (χ4v) is 4.29. The van der Waals surface area contributed by atoms with Gasteiger partial charge in [0, 0.05) is 23.3 Å². The third-order valence-corrected chi connectivity index (χ3v) is 5.69. The third kappa shape index (κ3) is 6.46. The van der Waals surface area contributed by atoms with Crippen molar-refractivity contribution in [2.75, 3.05) is 4.90 Å². The minimum absolute atomic E-state index is 0.459. The smallest absolute Gasteiger partial charge is 0.150 e. The van der Waals surface area contributed by atoms with Gasteiger partial charge in [-0.05, 0) is 94.0 Å². The minimum Gasteiger partial charge on any atom is -0.489 e. The molecule has 3 nitrogen and oxygen atoms in total. The van der Waals surface area contributed by atoms with Gasteiger partial charge in [-0.2, -0.15) is 0 Å². The van der Waals surface area contributed by atoms with Crippen LogP contribution in [0.1, 0.15) is 61.2 Å². The summed E-state index contributed by atoms with van der Waals surface area (Å²) in [5, 5.41) is 0. The molecule has 0 N–H and O–H groups in total. The first-order chi connectivity index (χ1) is 15.5. The second-order valence-electron chi connectivity index (χ2n) is 8.88. The number of benzene rings is 3. The normalized spacial score (nSPS) is 11.1. The fourth-order valence-electron chi connectivity index (χ4n) is 4.29. The highest BCUT2D eigenvalue weighted by atomic mass is 16.5. The van der Waals surface area contributed by atoms with Gasteiger partial charge in [0.1, 0.15) is 18.6 Å². The van der Waals surface area contributed by atoms with Gasteiger partial charge in [0.2, 0.25) is 0 Å². The molecule has 0 aliphatic carbocycles. The summed E-state index contributed by atoms with van der Waals surface area (Å²) in [5.41, 5.74) is 5.54. The van der Waals surface area contributed by atoms with Crippen molar-refractivity contribution in [1.29, 1.82) is 0 Å². The Morgan fingerprint density at radius 1 is 0.812 bits per heavy atom. The Morgan fingerprint density at radius 2 is 1.53 bits per heavy atom. The zero-order valence-electron chi connectivity index (χ0n) is 19.8. The number of nitrogens with zero attached hydrogens (tertiary/aromatic N) is 1. The van der Waals surface area contributed by atoms with E-state index in [2.05, 4.69) is 69.0 Å². The van der Waals surface area contributed by atoms with Crippen LogP contribution in [0.15, 0.2) is 72.8 Å². The molecule has 0 amide bonds. The largest absolute Gasteiger partial charge is 0.489 e. The van der Waals surface area contributed by atoms with Crippen LogP contribution >= 0.6 is 0 Å². The van der Waals surface area contributed by atoms with Crippen molar-refractivity contribution in [2.45, 2.75) is 65.6 Å². The van der Waals surface area contributed by atoms with Crippen LogP contribution in [0.2, 0.25) is 0 Å². The lowest BCUT2D eigenvalue weighted by atomic mass is 10.0.